The van der Waals surface area contributed by atoms with Crippen molar-refractivity contribution in [3.05, 3.63) is 298 Å². The zero-order valence-electron chi connectivity index (χ0n) is 45.3. The maximum absolute atomic E-state index is 3.14. The summed E-state index contributed by atoms with van der Waals surface area (Å²) >= 11 is 2.92. The van der Waals surface area contributed by atoms with E-state index in [9.17, 15) is 0 Å². The second kappa shape index (κ2) is 31.1. The van der Waals surface area contributed by atoms with E-state index in [2.05, 4.69) is 298 Å². The van der Waals surface area contributed by atoms with E-state index in [4.69, 9.17) is 0 Å². The van der Waals surface area contributed by atoms with Crippen molar-refractivity contribution in [2.24, 2.45) is 11.8 Å². The van der Waals surface area contributed by atoms with Crippen molar-refractivity contribution in [1.29, 1.82) is 0 Å². The van der Waals surface area contributed by atoms with Gasteiger partial charge in [0.25, 0.3) is 0 Å². The molecular formula is C72H68Cl2Zr2-2. The predicted molar refractivity (Wildman–Crippen MR) is 316 cm³/mol. The Kier molecular flexibility index (Phi) is 25.1. The monoisotopic (exact) mass is 1180 g/mol. The van der Waals surface area contributed by atoms with Crippen LogP contribution in [0.25, 0.3) is 43.1 Å². The fourth-order valence-corrected chi connectivity index (χ4v) is 10.5. The van der Waals surface area contributed by atoms with Crippen molar-refractivity contribution in [1.82, 2.24) is 0 Å². The van der Waals surface area contributed by atoms with Gasteiger partial charge in [-0.1, -0.05) is 110 Å². The summed E-state index contributed by atoms with van der Waals surface area (Å²) in [6.45, 7) is 17.4. The summed E-state index contributed by atoms with van der Waals surface area (Å²) in [6.07, 6.45) is 16.9. The molecule has 0 unspecified atom stereocenters. The Bertz CT molecular complexity index is 3120. The number of hydrogen-bond acceptors (Lipinski definition) is 0. The first kappa shape index (κ1) is 61.4. The van der Waals surface area contributed by atoms with Gasteiger partial charge in [-0.3, -0.25) is 12.2 Å². The Morgan fingerprint density at radius 2 is 0.605 bits per heavy atom. The quantitative estimate of drug-likeness (QED) is 0.146. The fourth-order valence-electron chi connectivity index (χ4n) is 8.90. The molecule has 0 spiro atoms. The molecule has 4 heteroatoms. The summed E-state index contributed by atoms with van der Waals surface area (Å²) in [6, 6.07) is 73.4. The van der Waals surface area contributed by atoms with Gasteiger partial charge in [-0.25, -0.2) is 12.2 Å². The molecule has 0 fully saturated rings. The number of rotatable bonds is 6. The van der Waals surface area contributed by atoms with E-state index in [-0.39, 0.29) is 24.8 Å². The molecule has 0 aliphatic heterocycles. The molecule has 0 bridgehead atoms. The zero-order chi connectivity index (χ0) is 52.4. The minimum atomic E-state index is 0. The molecule has 0 N–H and O–H groups in total. The fraction of sp³-hybridized carbons (Fsp3) is 0.167. The van der Waals surface area contributed by atoms with Crippen LogP contribution in [0.15, 0.2) is 242 Å². The Labute approximate surface area is 496 Å². The van der Waals surface area contributed by atoms with E-state index in [1.165, 1.54) is 154 Å². The van der Waals surface area contributed by atoms with E-state index >= 15 is 0 Å². The van der Waals surface area contributed by atoms with Crippen molar-refractivity contribution in [2.75, 3.05) is 0 Å². The molecule has 0 heterocycles. The van der Waals surface area contributed by atoms with Crippen LogP contribution >= 0.6 is 0 Å². The third-order valence-electron chi connectivity index (χ3n) is 13.1. The topological polar surface area (TPSA) is 0 Å². The minimum absolute atomic E-state index is 0. The molecule has 0 radical (unpaired) electrons. The van der Waals surface area contributed by atoms with E-state index in [0.29, 0.717) is 11.8 Å². The Balaban J connectivity index is 0.000000170. The molecule has 380 valence electrons. The first-order chi connectivity index (χ1) is 35.8. The van der Waals surface area contributed by atoms with Crippen molar-refractivity contribution < 1.29 is 73.3 Å². The molecule has 2 aliphatic rings. The van der Waals surface area contributed by atoms with Crippen LogP contribution < -0.4 is 24.8 Å². The molecule has 12 rings (SSSR count). The van der Waals surface area contributed by atoms with Gasteiger partial charge in [-0.15, -0.1) is 92.3 Å². The molecule has 0 nitrogen and oxygen atoms in total. The van der Waals surface area contributed by atoms with Crippen molar-refractivity contribution in [3.8, 4) is 0 Å². The van der Waals surface area contributed by atoms with Crippen LogP contribution in [0.2, 0.25) is 0 Å². The maximum atomic E-state index is 3.14. The Hall–Kier alpha value is -5.45. The summed E-state index contributed by atoms with van der Waals surface area (Å²) < 4.78 is 2.83. The molecule has 0 atom stereocenters. The van der Waals surface area contributed by atoms with Crippen LogP contribution in [0.1, 0.15) is 85.0 Å². The third kappa shape index (κ3) is 17.8. The Morgan fingerprint density at radius 3 is 0.789 bits per heavy atom. The number of aryl methyl sites for hydroxylation is 4. The van der Waals surface area contributed by atoms with Crippen LogP contribution in [-0.2, 0) is 48.5 Å². The molecular weight excluding hydrogens is 1120 g/mol. The number of allylic oxidation sites excluding steroid dienone is 8. The average molecular weight is 1190 g/mol. The van der Waals surface area contributed by atoms with Crippen LogP contribution in [-0.4, -0.2) is 6.41 Å². The van der Waals surface area contributed by atoms with Gasteiger partial charge in [0.1, 0.15) is 0 Å². The summed E-state index contributed by atoms with van der Waals surface area (Å²) in [4.78, 5) is 0. The summed E-state index contributed by atoms with van der Waals surface area (Å²) in [5, 5.41) is 10.9. The second-order valence-corrected chi connectivity index (χ2v) is 22.1. The van der Waals surface area contributed by atoms with Gasteiger partial charge in [0.15, 0.2) is 0 Å². The molecule has 0 saturated heterocycles. The van der Waals surface area contributed by atoms with Gasteiger partial charge >= 0.3 is 198 Å². The molecule has 76 heavy (non-hydrogen) atoms. The number of hydrogen-bond donors (Lipinski definition) is 0. The van der Waals surface area contributed by atoms with Gasteiger partial charge in [0.05, 0.1) is 0 Å². The number of halogens is 2. The van der Waals surface area contributed by atoms with E-state index in [1.54, 1.807) is 0 Å². The summed E-state index contributed by atoms with van der Waals surface area (Å²) in [5.74, 6) is 1.37. The number of fused-ring (bicyclic) bond motifs is 6. The molecule has 0 aromatic heterocycles. The van der Waals surface area contributed by atoms with Crippen LogP contribution in [0.5, 0.6) is 0 Å². The molecule has 2 aliphatic carbocycles. The third-order valence-corrected chi connectivity index (χ3v) is 15.9. The predicted octanol–water partition coefficient (Wildman–Crippen LogP) is 12.9. The summed E-state index contributed by atoms with van der Waals surface area (Å²) in [5.41, 5.74) is 13.5. The molecule has 0 saturated carbocycles. The Morgan fingerprint density at radius 1 is 0.368 bits per heavy atom. The van der Waals surface area contributed by atoms with Crippen LogP contribution in [0, 0.1) is 51.7 Å². The van der Waals surface area contributed by atoms with Crippen LogP contribution in [0.4, 0.5) is 0 Å². The first-order valence-electron chi connectivity index (χ1n) is 25.9. The van der Waals surface area contributed by atoms with Crippen molar-refractivity contribution in [3.63, 3.8) is 0 Å². The SMILES string of the molecule is CC(C)C1=CC[C-]=C1.CC(C)C1=CC[C-]=C1.Cc1ccc2c(c1)[cH-]c1cc(C)ccc12.Cc1ccc2c(c1)[cH-]c1cc(C)ccc12.[Cl-].[Cl-].[Zr+2]=[C](c1ccccc1)c1ccccc1.[Zr+2]=[C](c1ccccc1)c1ccccc1. The standard InChI is InChI=1S/2C15H13.2C13H10.2C8H11.2ClH.2Zr/c2*1-10-3-5-14-12(7-10)9-13-8-11(2)4-6-15(13)14;2*1-3-7-12(8-4-1)11-13-9-5-2-6-10-13;2*1-7(2)8-5-3-4-6-8;;;;/h2*3-9H,1-2H3;2*1-10H;2*5-7H,3H2,1-2H3;2*1H;;/q2*-1;;;2*-1;;;2*+2/p-2. The second-order valence-electron chi connectivity index (χ2n) is 19.7. The van der Waals surface area contributed by atoms with Crippen molar-refractivity contribution >= 4 is 49.5 Å². The van der Waals surface area contributed by atoms with E-state index < -0.39 is 0 Å². The van der Waals surface area contributed by atoms with Gasteiger partial charge < -0.3 is 24.8 Å². The van der Waals surface area contributed by atoms with E-state index in [0.717, 1.165) is 12.8 Å². The molecule has 10 aromatic carbocycles. The van der Waals surface area contributed by atoms with Gasteiger partial charge in [-0.05, 0) is 27.7 Å². The normalized spacial score (nSPS) is 11.8. The molecule has 10 aromatic rings. The summed E-state index contributed by atoms with van der Waals surface area (Å²) in [7, 11) is 0. The van der Waals surface area contributed by atoms with Crippen LogP contribution in [0.3, 0.4) is 0 Å². The van der Waals surface area contributed by atoms with Crippen molar-refractivity contribution in [2.45, 2.75) is 68.2 Å². The zero-order valence-corrected chi connectivity index (χ0v) is 51.7. The number of benzene rings is 8. The van der Waals surface area contributed by atoms with Gasteiger partial charge in [0, 0.05) is 0 Å². The van der Waals surface area contributed by atoms with Gasteiger partial charge in [-0.2, -0.15) is 23.3 Å². The molecule has 0 amide bonds. The first-order valence-corrected chi connectivity index (χ1v) is 28.4. The average Bonchev–Trinajstić information content (AvgIpc) is 4.28. The van der Waals surface area contributed by atoms with E-state index in [1.807, 2.05) is 0 Å². The van der Waals surface area contributed by atoms with Gasteiger partial charge in [0.2, 0.25) is 0 Å².